The summed E-state index contributed by atoms with van der Waals surface area (Å²) < 4.78 is 0. The van der Waals surface area contributed by atoms with E-state index in [0.29, 0.717) is 13.1 Å². The lowest BCUT2D eigenvalue weighted by molar-refractivity contribution is -0.137. The molecule has 5 nitrogen and oxygen atoms in total. The van der Waals surface area contributed by atoms with Crippen LogP contribution in [0.3, 0.4) is 0 Å². The summed E-state index contributed by atoms with van der Waals surface area (Å²) in [6, 6.07) is 6.12. The molecule has 0 radical (unpaired) electrons. The van der Waals surface area contributed by atoms with Gasteiger partial charge in [-0.25, -0.2) is 0 Å². The van der Waals surface area contributed by atoms with Crippen molar-refractivity contribution < 1.29 is 9.59 Å². The standard InChI is InChI=1S/C20H29N3O2.ClH/c1-14-9-15(2)11-17(10-14)19(24)22-7-3-5-16(13-22)20(25)23-8-4-6-18(23)12-21;/h9-11,16,18H,3-8,12-13,21H2,1-2H3;1H. The van der Waals surface area contributed by atoms with Crippen molar-refractivity contribution in [3.63, 3.8) is 0 Å². The van der Waals surface area contributed by atoms with Gasteiger partial charge >= 0.3 is 0 Å². The molecule has 2 saturated heterocycles. The third-order valence-electron chi connectivity index (χ3n) is 5.46. The van der Waals surface area contributed by atoms with E-state index in [1.165, 1.54) is 0 Å². The molecule has 0 saturated carbocycles. The lowest BCUT2D eigenvalue weighted by Crippen LogP contribution is -2.49. The molecule has 144 valence electrons. The molecule has 1 aromatic carbocycles. The maximum Gasteiger partial charge on any atom is 0.253 e. The first-order valence-corrected chi connectivity index (χ1v) is 9.37. The fourth-order valence-corrected chi connectivity index (χ4v) is 4.25. The second-order valence-corrected chi connectivity index (χ2v) is 7.53. The highest BCUT2D eigenvalue weighted by atomic mass is 35.5. The first-order valence-electron chi connectivity index (χ1n) is 9.37. The number of hydrogen-bond donors (Lipinski definition) is 1. The van der Waals surface area contributed by atoms with Crippen molar-refractivity contribution in [2.75, 3.05) is 26.2 Å². The molecule has 2 unspecified atom stereocenters. The number of aryl methyl sites for hydroxylation is 2. The predicted molar refractivity (Wildman–Crippen MR) is 106 cm³/mol. The Morgan fingerprint density at radius 3 is 2.38 bits per heavy atom. The minimum Gasteiger partial charge on any atom is -0.338 e. The molecule has 0 aromatic heterocycles. The molecular formula is C20H30ClN3O2. The van der Waals surface area contributed by atoms with Crippen LogP contribution in [0.5, 0.6) is 0 Å². The molecule has 2 N–H and O–H groups in total. The zero-order valence-corrected chi connectivity index (χ0v) is 16.6. The summed E-state index contributed by atoms with van der Waals surface area (Å²) in [5.74, 6) is 0.141. The number of carbonyl (C=O) groups is 2. The van der Waals surface area contributed by atoms with Crippen LogP contribution in [-0.4, -0.2) is 53.8 Å². The zero-order chi connectivity index (χ0) is 18.0. The maximum absolute atomic E-state index is 12.9. The van der Waals surface area contributed by atoms with Gasteiger partial charge in [-0.2, -0.15) is 0 Å². The van der Waals surface area contributed by atoms with Gasteiger partial charge in [-0.3, -0.25) is 9.59 Å². The molecule has 26 heavy (non-hydrogen) atoms. The minimum absolute atomic E-state index is 0. The second-order valence-electron chi connectivity index (χ2n) is 7.53. The molecule has 1 aromatic rings. The summed E-state index contributed by atoms with van der Waals surface area (Å²) in [5.41, 5.74) is 8.73. The highest BCUT2D eigenvalue weighted by Gasteiger charge is 2.35. The average molecular weight is 380 g/mol. The third kappa shape index (κ3) is 4.38. The highest BCUT2D eigenvalue weighted by Crippen LogP contribution is 2.25. The van der Waals surface area contributed by atoms with Crippen LogP contribution in [0.25, 0.3) is 0 Å². The van der Waals surface area contributed by atoms with E-state index >= 15 is 0 Å². The molecule has 0 bridgehead atoms. The van der Waals surface area contributed by atoms with Gasteiger partial charge < -0.3 is 15.5 Å². The SMILES string of the molecule is Cc1cc(C)cc(C(=O)N2CCCC(C(=O)N3CCCC3CN)C2)c1.Cl. The molecule has 2 aliphatic rings. The molecular weight excluding hydrogens is 350 g/mol. The average Bonchev–Trinajstić information content (AvgIpc) is 3.08. The molecule has 0 aliphatic carbocycles. The summed E-state index contributed by atoms with van der Waals surface area (Å²) in [5, 5.41) is 0. The molecule has 2 heterocycles. The van der Waals surface area contributed by atoms with Crippen molar-refractivity contribution >= 4 is 24.2 Å². The van der Waals surface area contributed by atoms with E-state index in [-0.39, 0.29) is 36.2 Å². The predicted octanol–water partition coefficient (Wildman–Crippen LogP) is 2.53. The van der Waals surface area contributed by atoms with Crippen molar-refractivity contribution in [2.24, 2.45) is 11.7 Å². The first kappa shape index (κ1) is 20.7. The van der Waals surface area contributed by atoms with Crippen LogP contribution in [0.1, 0.15) is 47.2 Å². The second kappa shape index (κ2) is 8.87. The summed E-state index contributed by atoms with van der Waals surface area (Å²) >= 11 is 0. The van der Waals surface area contributed by atoms with Crippen LogP contribution < -0.4 is 5.73 Å². The van der Waals surface area contributed by atoms with Crippen molar-refractivity contribution in [1.29, 1.82) is 0 Å². The zero-order valence-electron chi connectivity index (χ0n) is 15.7. The highest BCUT2D eigenvalue weighted by molar-refractivity contribution is 5.95. The van der Waals surface area contributed by atoms with Gasteiger partial charge in [0.25, 0.3) is 5.91 Å². The number of nitrogens with zero attached hydrogens (tertiary/aromatic N) is 2. The third-order valence-corrected chi connectivity index (χ3v) is 5.46. The first-order chi connectivity index (χ1) is 12.0. The van der Waals surface area contributed by atoms with Crippen LogP contribution in [0.2, 0.25) is 0 Å². The Morgan fingerprint density at radius 2 is 1.73 bits per heavy atom. The lowest BCUT2D eigenvalue weighted by Gasteiger charge is -2.35. The Morgan fingerprint density at radius 1 is 1.08 bits per heavy atom. The molecule has 2 amide bonds. The van der Waals surface area contributed by atoms with Gasteiger partial charge in [0, 0.05) is 37.8 Å². The van der Waals surface area contributed by atoms with E-state index in [1.54, 1.807) is 0 Å². The quantitative estimate of drug-likeness (QED) is 0.877. The Labute approximate surface area is 162 Å². The molecule has 2 fully saturated rings. The topological polar surface area (TPSA) is 66.6 Å². The minimum atomic E-state index is -0.0873. The summed E-state index contributed by atoms with van der Waals surface area (Å²) in [7, 11) is 0. The Kier molecular flexibility index (Phi) is 7.07. The van der Waals surface area contributed by atoms with Crippen molar-refractivity contribution in [3.05, 3.63) is 34.9 Å². The molecule has 0 spiro atoms. The number of rotatable bonds is 3. The van der Waals surface area contributed by atoms with Gasteiger partial charge in [-0.15, -0.1) is 12.4 Å². The summed E-state index contributed by atoms with van der Waals surface area (Å²) in [6.45, 7) is 6.61. The fraction of sp³-hybridized carbons (Fsp3) is 0.600. The lowest BCUT2D eigenvalue weighted by atomic mass is 9.95. The number of piperidine rings is 1. The normalized spacial score (nSPS) is 22.9. The summed E-state index contributed by atoms with van der Waals surface area (Å²) in [4.78, 5) is 29.6. The van der Waals surface area contributed by atoms with Gasteiger partial charge in [-0.1, -0.05) is 17.2 Å². The Bertz CT molecular complexity index is 644. The fourth-order valence-electron chi connectivity index (χ4n) is 4.25. The van der Waals surface area contributed by atoms with Crippen molar-refractivity contribution in [3.8, 4) is 0 Å². The summed E-state index contributed by atoms with van der Waals surface area (Å²) in [6.07, 6.45) is 3.78. The number of likely N-dealkylation sites (tertiary alicyclic amines) is 2. The van der Waals surface area contributed by atoms with E-state index in [4.69, 9.17) is 5.73 Å². The molecule has 2 atom stereocenters. The smallest absolute Gasteiger partial charge is 0.253 e. The van der Waals surface area contributed by atoms with Gasteiger partial charge in [0.2, 0.25) is 5.91 Å². The van der Waals surface area contributed by atoms with Crippen molar-refractivity contribution in [1.82, 2.24) is 9.80 Å². The molecule has 2 aliphatic heterocycles. The van der Waals surface area contributed by atoms with E-state index in [2.05, 4.69) is 6.07 Å². The van der Waals surface area contributed by atoms with Crippen LogP contribution in [0, 0.1) is 19.8 Å². The van der Waals surface area contributed by atoms with E-state index in [0.717, 1.165) is 55.5 Å². The number of nitrogens with two attached hydrogens (primary N) is 1. The van der Waals surface area contributed by atoms with Gasteiger partial charge in [0.05, 0.1) is 5.92 Å². The van der Waals surface area contributed by atoms with Crippen LogP contribution in [0.4, 0.5) is 0 Å². The maximum atomic E-state index is 12.9. The van der Waals surface area contributed by atoms with E-state index in [1.807, 2.05) is 35.8 Å². The van der Waals surface area contributed by atoms with Crippen molar-refractivity contribution in [2.45, 2.75) is 45.6 Å². The number of hydrogen-bond acceptors (Lipinski definition) is 3. The number of halogens is 1. The van der Waals surface area contributed by atoms with Crippen LogP contribution in [0.15, 0.2) is 18.2 Å². The number of amides is 2. The van der Waals surface area contributed by atoms with Gasteiger partial charge in [0.1, 0.15) is 0 Å². The Hall–Kier alpha value is -1.59. The van der Waals surface area contributed by atoms with Gasteiger partial charge in [0.15, 0.2) is 0 Å². The van der Waals surface area contributed by atoms with Gasteiger partial charge in [-0.05, 0) is 51.7 Å². The van der Waals surface area contributed by atoms with E-state index in [9.17, 15) is 9.59 Å². The van der Waals surface area contributed by atoms with E-state index < -0.39 is 0 Å². The monoisotopic (exact) mass is 379 g/mol. The van der Waals surface area contributed by atoms with Crippen LogP contribution in [-0.2, 0) is 4.79 Å². The number of benzene rings is 1. The Balaban J connectivity index is 0.00000243. The number of carbonyl (C=O) groups excluding carboxylic acids is 2. The largest absolute Gasteiger partial charge is 0.338 e. The van der Waals surface area contributed by atoms with Crippen LogP contribution >= 0.6 is 12.4 Å². The molecule has 3 rings (SSSR count). The molecule has 6 heteroatoms.